The Labute approximate surface area is 199 Å². The highest BCUT2D eigenvalue weighted by molar-refractivity contribution is 5.91. The molecule has 1 aromatic carbocycles. The van der Waals surface area contributed by atoms with Crippen molar-refractivity contribution in [2.75, 3.05) is 0 Å². The third-order valence-electron chi connectivity index (χ3n) is 5.42. The van der Waals surface area contributed by atoms with Gasteiger partial charge in [-0.2, -0.15) is 4.98 Å². The number of amides is 1. The number of benzene rings is 1. The van der Waals surface area contributed by atoms with Gasteiger partial charge < -0.3 is 14.8 Å². The second kappa shape index (κ2) is 8.71. The van der Waals surface area contributed by atoms with Crippen molar-refractivity contribution in [3.63, 3.8) is 0 Å². The standard InChI is InChI=1S/C25H22FN7O2/c1-25(2,3)24-32-23(35-33-24)22(34)29-13-15-7-6-14(11-18(15)26)17-8-10-28-21-19(17)30-20(31-21)16-5-4-9-27-12-16/h4-12H,13H2,1-3H3,(H,29,34)(H,28,30,31). The van der Waals surface area contributed by atoms with Crippen LogP contribution in [0.15, 0.2) is 59.5 Å². The number of hydrogen-bond acceptors (Lipinski definition) is 7. The fourth-order valence-electron chi connectivity index (χ4n) is 3.52. The summed E-state index contributed by atoms with van der Waals surface area (Å²) < 4.78 is 20.0. The van der Waals surface area contributed by atoms with Crippen molar-refractivity contribution in [1.29, 1.82) is 0 Å². The van der Waals surface area contributed by atoms with E-state index in [-0.39, 0.29) is 17.9 Å². The lowest BCUT2D eigenvalue weighted by molar-refractivity contribution is 0.0906. The number of aromatic amines is 1. The molecule has 0 aliphatic rings. The van der Waals surface area contributed by atoms with Crippen LogP contribution in [0.2, 0.25) is 0 Å². The van der Waals surface area contributed by atoms with Crippen LogP contribution in [0.4, 0.5) is 4.39 Å². The van der Waals surface area contributed by atoms with Gasteiger partial charge in [0.05, 0.1) is 5.52 Å². The number of rotatable bonds is 5. The van der Waals surface area contributed by atoms with Gasteiger partial charge in [-0.25, -0.2) is 14.4 Å². The second-order valence-corrected chi connectivity index (χ2v) is 9.05. The van der Waals surface area contributed by atoms with Gasteiger partial charge in [0, 0.05) is 47.2 Å². The maximum atomic E-state index is 15.0. The Kier molecular flexibility index (Phi) is 5.56. The first-order valence-electron chi connectivity index (χ1n) is 11.0. The molecule has 4 aromatic heterocycles. The molecule has 0 spiro atoms. The Balaban J connectivity index is 1.36. The Morgan fingerprint density at radius 2 is 1.97 bits per heavy atom. The van der Waals surface area contributed by atoms with Gasteiger partial charge >= 0.3 is 11.8 Å². The van der Waals surface area contributed by atoms with Crippen molar-refractivity contribution in [3.8, 4) is 22.5 Å². The molecule has 10 heteroatoms. The lowest BCUT2D eigenvalue weighted by Gasteiger charge is -2.10. The van der Waals surface area contributed by atoms with Crippen molar-refractivity contribution in [1.82, 2.24) is 35.4 Å². The number of imidazole rings is 1. The van der Waals surface area contributed by atoms with Gasteiger partial charge in [-0.3, -0.25) is 9.78 Å². The molecule has 0 radical (unpaired) electrons. The molecule has 0 aliphatic carbocycles. The monoisotopic (exact) mass is 471 g/mol. The van der Waals surface area contributed by atoms with E-state index in [1.165, 1.54) is 6.07 Å². The van der Waals surface area contributed by atoms with Crippen molar-refractivity contribution < 1.29 is 13.7 Å². The summed E-state index contributed by atoms with van der Waals surface area (Å²) in [5.74, 6) is -0.126. The van der Waals surface area contributed by atoms with Crippen LogP contribution >= 0.6 is 0 Å². The zero-order valence-electron chi connectivity index (χ0n) is 19.3. The summed E-state index contributed by atoms with van der Waals surface area (Å²) in [4.78, 5) is 32.7. The van der Waals surface area contributed by atoms with E-state index < -0.39 is 11.7 Å². The van der Waals surface area contributed by atoms with E-state index in [0.29, 0.717) is 33.9 Å². The van der Waals surface area contributed by atoms with Gasteiger partial charge in [-0.15, -0.1) is 0 Å². The van der Waals surface area contributed by atoms with E-state index in [9.17, 15) is 9.18 Å². The first kappa shape index (κ1) is 22.3. The van der Waals surface area contributed by atoms with E-state index >= 15 is 0 Å². The molecule has 176 valence electrons. The normalized spacial score (nSPS) is 11.7. The van der Waals surface area contributed by atoms with Crippen LogP contribution in [0.1, 0.15) is 42.8 Å². The summed E-state index contributed by atoms with van der Waals surface area (Å²) in [5, 5.41) is 6.46. The molecule has 35 heavy (non-hydrogen) atoms. The number of pyridine rings is 2. The summed E-state index contributed by atoms with van der Waals surface area (Å²) >= 11 is 0. The van der Waals surface area contributed by atoms with E-state index in [1.807, 2.05) is 32.9 Å². The average molecular weight is 471 g/mol. The van der Waals surface area contributed by atoms with Crippen LogP contribution in [0.3, 0.4) is 0 Å². The Morgan fingerprint density at radius 1 is 1.11 bits per heavy atom. The van der Waals surface area contributed by atoms with E-state index in [2.05, 4.69) is 35.4 Å². The lowest BCUT2D eigenvalue weighted by Crippen LogP contribution is -2.24. The highest BCUT2D eigenvalue weighted by Crippen LogP contribution is 2.29. The van der Waals surface area contributed by atoms with E-state index in [4.69, 9.17) is 4.52 Å². The fourth-order valence-corrected chi connectivity index (χ4v) is 3.52. The summed E-state index contributed by atoms with van der Waals surface area (Å²) in [6, 6.07) is 10.4. The van der Waals surface area contributed by atoms with Crippen molar-refractivity contribution in [2.24, 2.45) is 0 Å². The molecule has 0 atom stereocenters. The number of nitrogens with one attached hydrogen (secondary N) is 2. The van der Waals surface area contributed by atoms with Crippen LogP contribution < -0.4 is 5.32 Å². The predicted molar refractivity (Wildman–Crippen MR) is 127 cm³/mol. The molecule has 2 N–H and O–H groups in total. The number of halogens is 1. The smallest absolute Gasteiger partial charge is 0.315 e. The molecule has 4 heterocycles. The number of carbonyl (C=O) groups excluding carboxylic acids is 1. The predicted octanol–water partition coefficient (Wildman–Crippen LogP) is 4.44. The third-order valence-corrected chi connectivity index (χ3v) is 5.42. The fraction of sp³-hybridized carbons (Fsp3) is 0.200. The Hall–Kier alpha value is -4.47. The molecule has 0 fully saturated rings. The highest BCUT2D eigenvalue weighted by Gasteiger charge is 2.24. The highest BCUT2D eigenvalue weighted by atomic mass is 19.1. The average Bonchev–Trinajstić information content (AvgIpc) is 3.51. The number of nitrogens with zero attached hydrogens (tertiary/aromatic N) is 5. The van der Waals surface area contributed by atoms with Crippen molar-refractivity contribution in [2.45, 2.75) is 32.7 Å². The second-order valence-electron chi connectivity index (χ2n) is 9.05. The summed E-state index contributed by atoms with van der Waals surface area (Å²) in [6.45, 7) is 5.71. The summed E-state index contributed by atoms with van der Waals surface area (Å²) in [7, 11) is 0. The van der Waals surface area contributed by atoms with Crippen LogP contribution in [-0.4, -0.2) is 36.0 Å². The molecular weight excluding hydrogens is 449 g/mol. The summed E-state index contributed by atoms with van der Waals surface area (Å²) in [6.07, 6.45) is 5.03. The maximum Gasteiger partial charge on any atom is 0.315 e. The zero-order chi connectivity index (χ0) is 24.6. The van der Waals surface area contributed by atoms with Crippen molar-refractivity contribution in [3.05, 3.63) is 78.1 Å². The maximum absolute atomic E-state index is 15.0. The van der Waals surface area contributed by atoms with Gasteiger partial charge in [0.15, 0.2) is 11.5 Å². The van der Waals surface area contributed by atoms with Gasteiger partial charge in [0.25, 0.3) is 0 Å². The number of aromatic nitrogens is 6. The first-order valence-corrected chi connectivity index (χ1v) is 11.0. The number of H-pyrrole nitrogens is 1. The van der Waals surface area contributed by atoms with Gasteiger partial charge in [-0.05, 0) is 29.8 Å². The lowest BCUT2D eigenvalue weighted by atomic mass is 9.96. The zero-order valence-corrected chi connectivity index (χ0v) is 19.3. The molecule has 5 rings (SSSR count). The van der Waals surface area contributed by atoms with E-state index in [0.717, 1.165) is 11.1 Å². The van der Waals surface area contributed by atoms with Crippen LogP contribution in [-0.2, 0) is 12.0 Å². The van der Waals surface area contributed by atoms with Gasteiger partial charge in [-0.1, -0.05) is 38.1 Å². The van der Waals surface area contributed by atoms with Gasteiger partial charge in [0.1, 0.15) is 11.6 Å². The quantitative estimate of drug-likeness (QED) is 0.389. The minimum atomic E-state index is -0.562. The van der Waals surface area contributed by atoms with Crippen molar-refractivity contribution >= 4 is 17.1 Å². The van der Waals surface area contributed by atoms with Gasteiger partial charge in [0.2, 0.25) is 0 Å². The molecule has 9 nitrogen and oxygen atoms in total. The molecule has 0 saturated carbocycles. The molecule has 5 aromatic rings. The largest absolute Gasteiger partial charge is 0.344 e. The minimum absolute atomic E-state index is 0.0286. The third kappa shape index (κ3) is 4.50. The van der Waals surface area contributed by atoms with Crippen LogP contribution in [0.5, 0.6) is 0 Å². The summed E-state index contributed by atoms with van der Waals surface area (Å²) in [5.41, 5.74) is 3.42. The van der Waals surface area contributed by atoms with E-state index in [1.54, 1.807) is 36.8 Å². The molecule has 0 bridgehead atoms. The minimum Gasteiger partial charge on any atom is -0.344 e. The molecular formula is C25H22FN7O2. The topological polar surface area (TPSA) is 122 Å². The Bertz CT molecular complexity index is 1520. The molecule has 0 saturated heterocycles. The molecule has 1 amide bonds. The van der Waals surface area contributed by atoms with Crippen LogP contribution in [0.25, 0.3) is 33.7 Å². The molecule has 0 aliphatic heterocycles. The number of carbonyl (C=O) groups is 1. The molecule has 0 unspecified atom stereocenters. The van der Waals surface area contributed by atoms with Crippen LogP contribution in [0, 0.1) is 5.82 Å². The Morgan fingerprint density at radius 3 is 2.69 bits per heavy atom. The number of hydrogen-bond donors (Lipinski definition) is 2. The SMILES string of the molecule is CC(C)(C)c1noc(C(=O)NCc2ccc(-c3ccnc4nc(-c5cccnc5)[nH]c34)cc2F)n1. The first-order chi connectivity index (χ1) is 16.8. The number of fused-ring (bicyclic) bond motifs is 1.